The number of carbonyl (C=O) groups is 3. The normalized spacial score (nSPS) is 10.5. The van der Waals surface area contributed by atoms with Crippen LogP contribution in [0.5, 0.6) is 11.5 Å². The molecular formula is C25H23N3O5. The summed E-state index contributed by atoms with van der Waals surface area (Å²) >= 11 is 0. The quantitative estimate of drug-likeness (QED) is 0.198. The number of methoxy groups -OCH3 is 1. The number of para-hydroxylation sites is 1. The van der Waals surface area contributed by atoms with Crippen molar-refractivity contribution in [3.8, 4) is 11.5 Å². The molecule has 3 aromatic carbocycles. The van der Waals surface area contributed by atoms with Crippen molar-refractivity contribution in [2.45, 2.75) is 13.8 Å². The second-order valence-electron chi connectivity index (χ2n) is 7.11. The molecule has 0 aliphatic carbocycles. The maximum Gasteiger partial charge on any atom is 0.343 e. The third-order valence-electron chi connectivity index (χ3n) is 4.72. The van der Waals surface area contributed by atoms with Crippen LogP contribution in [-0.4, -0.2) is 31.1 Å². The number of carbonyl (C=O) groups excluding carboxylic acids is 3. The Morgan fingerprint density at radius 1 is 0.818 bits per heavy atom. The van der Waals surface area contributed by atoms with Gasteiger partial charge < -0.3 is 14.8 Å². The molecule has 0 aliphatic rings. The lowest BCUT2D eigenvalue weighted by Gasteiger charge is -2.10. The molecule has 3 aromatic rings. The van der Waals surface area contributed by atoms with Gasteiger partial charge in [-0.3, -0.25) is 9.59 Å². The highest BCUT2D eigenvalue weighted by molar-refractivity contribution is 6.39. The Morgan fingerprint density at radius 2 is 1.42 bits per heavy atom. The molecule has 0 saturated heterocycles. The smallest absolute Gasteiger partial charge is 0.343 e. The maximum absolute atomic E-state index is 12.2. The van der Waals surface area contributed by atoms with Crippen LogP contribution in [0.25, 0.3) is 0 Å². The van der Waals surface area contributed by atoms with Crippen LogP contribution < -0.4 is 20.2 Å². The van der Waals surface area contributed by atoms with Gasteiger partial charge in [-0.2, -0.15) is 5.10 Å². The highest BCUT2D eigenvalue weighted by Gasteiger charge is 2.15. The number of amides is 2. The van der Waals surface area contributed by atoms with E-state index in [1.165, 1.54) is 6.21 Å². The predicted octanol–water partition coefficient (Wildman–Crippen LogP) is 3.62. The number of nitrogens with one attached hydrogen (secondary N) is 2. The first-order chi connectivity index (χ1) is 15.9. The van der Waals surface area contributed by atoms with Crippen LogP contribution in [0.1, 0.15) is 27.0 Å². The van der Waals surface area contributed by atoms with Gasteiger partial charge in [0.05, 0.1) is 18.9 Å². The van der Waals surface area contributed by atoms with Crippen LogP contribution in [0.3, 0.4) is 0 Å². The van der Waals surface area contributed by atoms with Crippen LogP contribution in [0.15, 0.2) is 71.8 Å². The zero-order valence-corrected chi connectivity index (χ0v) is 18.4. The monoisotopic (exact) mass is 445 g/mol. The number of ether oxygens (including phenoxy) is 2. The van der Waals surface area contributed by atoms with Gasteiger partial charge in [-0.25, -0.2) is 10.2 Å². The summed E-state index contributed by atoms with van der Waals surface area (Å²) in [6.07, 6.45) is 1.37. The molecule has 0 spiro atoms. The average molecular weight is 445 g/mol. The SMILES string of the molecule is COc1ccc(C(=O)Oc2ccc(/C=N/NC(=O)C(=O)Nc3c(C)cccc3C)cc2)cc1. The highest BCUT2D eigenvalue weighted by atomic mass is 16.5. The van der Waals surface area contributed by atoms with Crippen LogP contribution >= 0.6 is 0 Å². The minimum Gasteiger partial charge on any atom is -0.497 e. The third-order valence-corrected chi connectivity index (χ3v) is 4.72. The van der Waals surface area contributed by atoms with Crippen molar-refractivity contribution in [1.29, 1.82) is 0 Å². The first kappa shape index (κ1) is 23.2. The van der Waals surface area contributed by atoms with E-state index in [0.717, 1.165) is 11.1 Å². The van der Waals surface area contributed by atoms with E-state index in [1.807, 2.05) is 32.0 Å². The van der Waals surface area contributed by atoms with E-state index in [0.29, 0.717) is 28.3 Å². The first-order valence-electron chi connectivity index (χ1n) is 10.0. The molecule has 0 radical (unpaired) electrons. The van der Waals surface area contributed by atoms with E-state index in [2.05, 4.69) is 15.8 Å². The Labute approximate surface area is 191 Å². The molecular weight excluding hydrogens is 422 g/mol. The van der Waals surface area contributed by atoms with Crippen molar-refractivity contribution in [1.82, 2.24) is 5.43 Å². The standard InChI is InChI=1S/C25H23N3O5/c1-16-5-4-6-17(2)22(16)27-23(29)24(30)28-26-15-18-7-11-21(12-8-18)33-25(31)19-9-13-20(32-3)14-10-19/h4-15H,1-3H3,(H,27,29)(H,28,30)/b26-15+. The number of nitrogens with zero attached hydrogens (tertiary/aromatic N) is 1. The summed E-state index contributed by atoms with van der Waals surface area (Å²) in [5, 5.41) is 6.39. The Hall–Kier alpha value is -4.46. The van der Waals surface area contributed by atoms with E-state index in [9.17, 15) is 14.4 Å². The fraction of sp³-hybridized carbons (Fsp3) is 0.120. The summed E-state index contributed by atoms with van der Waals surface area (Å²) in [4.78, 5) is 36.3. The molecule has 2 amide bonds. The molecule has 0 aliphatic heterocycles. The predicted molar refractivity (Wildman–Crippen MR) is 125 cm³/mol. The number of hydrazone groups is 1. The van der Waals surface area contributed by atoms with Crippen LogP contribution in [0.2, 0.25) is 0 Å². The second kappa shape index (κ2) is 10.7. The summed E-state index contributed by atoms with van der Waals surface area (Å²) in [5.74, 6) is -1.21. The summed E-state index contributed by atoms with van der Waals surface area (Å²) in [6.45, 7) is 3.69. The molecule has 0 bridgehead atoms. The number of hydrogen-bond acceptors (Lipinski definition) is 6. The summed E-state index contributed by atoms with van der Waals surface area (Å²) in [5.41, 5.74) is 5.52. The number of anilines is 1. The van der Waals surface area contributed by atoms with E-state index < -0.39 is 17.8 Å². The molecule has 8 heteroatoms. The van der Waals surface area contributed by atoms with Gasteiger partial charge in [-0.15, -0.1) is 0 Å². The van der Waals surface area contributed by atoms with Crippen LogP contribution in [0, 0.1) is 13.8 Å². The van der Waals surface area contributed by atoms with E-state index >= 15 is 0 Å². The summed E-state index contributed by atoms with van der Waals surface area (Å²) in [6, 6.07) is 18.6. The molecule has 0 heterocycles. The molecule has 0 unspecified atom stereocenters. The molecule has 33 heavy (non-hydrogen) atoms. The zero-order valence-electron chi connectivity index (χ0n) is 18.4. The number of hydrogen-bond donors (Lipinski definition) is 2. The minimum atomic E-state index is -0.890. The number of benzene rings is 3. The van der Waals surface area contributed by atoms with Crippen molar-refractivity contribution < 1.29 is 23.9 Å². The Kier molecular flexibility index (Phi) is 7.54. The topological polar surface area (TPSA) is 106 Å². The third kappa shape index (κ3) is 6.27. The first-order valence-corrected chi connectivity index (χ1v) is 10.0. The lowest BCUT2D eigenvalue weighted by atomic mass is 10.1. The van der Waals surface area contributed by atoms with Gasteiger partial charge in [0.15, 0.2) is 0 Å². The van der Waals surface area contributed by atoms with Gasteiger partial charge in [-0.05, 0) is 79.1 Å². The number of esters is 1. The lowest BCUT2D eigenvalue weighted by molar-refractivity contribution is -0.136. The largest absolute Gasteiger partial charge is 0.497 e. The summed E-state index contributed by atoms with van der Waals surface area (Å²) in [7, 11) is 1.55. The Morgan fingerprint density at radius 3 is 2.03 bits per heavy atom. The fourth-order valence-corrected chi connectivity index (χ4v) is 2.91. The van der Waals surface area contributed by atoms with Crippen molar-refractivity contribution >= 4 is 29.7 Å². The fourth-order valence-electron chi connectivity index (χ4n) is 2.91. The van der Waals surface area contributed by atoms with Gasteiger partial charge in [0, 0.05) is 5.69 Å². The molecule has 2 N–H and O–H groups in total. The number of rotatable bonds is 6. The molecule has 3 rings (SSSR count). The van der Waals surface area contributed by atoms with Crippen LogP contribution in [0.4, 0.5) is 5.69 Å². The zero-order chi connectivity index (χ0) is 23.8. The van der Waals surface area contributed by atoms with E-state index in [4.69, 9.17) is 9.47 Å². The molecule has 0 aromatic heterocycles. The molecule has 0 saturated carbocycles. The van der Waals surface area contributed by atoms with Gasteiger partial charge in [0.1, 0.15) is 11.5 Å². The van der Waals surface area contributed by atoms with Crippen LogP contribution in [-0.2, 0) is 9.59 Å². The van der Waals surface area contributed by atoms with E-state index in [-0.39, 0.29) is 0 Å². The second-order valence-corrected chi connectivity index (χ2v) is 7.11. The highest BCUT2D eigenvalue weighted by Crippen LogP contribution is 2.19. The Balaban J connectivity index is 1.52. The van der Waals surface area contributed by atoms with Crippen molar-refractivity contribution in [3.05, 3.63) is 89.0 Å². The average Bonchev–Trinajstić information content (AvgIpc) is 2.82. The van der Waals surface area contributed by atoms with Gasteiger partial charge >= 0.3 is 17.8 Å². The van der Waals surface area contributed by atoms with Crippen molar-refractivity contribution in [3.63, 3.8) is 0 Å². The maximum atomic E-state index is 12.2. The van der Waals surface area contributed by atoms with Gasteiger partial charge in [0.2, 0.25) is 0 Å². The summed E-state index contributed by atoms with van der Waals surface area (Å²) < 4.78 is 10.4. The molecule has 0 atom stereocenters. The lowest BCUT2D eigenvalue weighted by Crippen LogP contribution is -2.32. The van der Waals surface area contributed by atoms with Gasteiger partial charge in [0.25, 0.3) is 0 Å². The minimum absolute atomic E-state index is 0.352. The molecule has 168 valence electrons. The van der Waals surface area contributed by atoms with Gasteiger partial charge in [-0.1, -0.05) is 18.2 Å². The van der Waals surface area contributed by atoms with E-state index in [1.54, 1.807) is 55.6 Å². The molecule has 0 fully saturated rings. The Bertz CT molecular complexity index is 1170. The van der Waals surface area contributed by atoms with Crippen molar-refractivity contribution in [2.75, 3.05) is 12.4 Å². The molecule has 8 nitrogen and oxygen atoms in total. The number of aryl methyl sites for hydroxylation is 2. The van der Waals surface area contributed by atoms with Crippen molar-refractivity contribution in [2.24, 2.45) is 5.10 Å².